The zero-order valence-electron chi connectivity index (χ0n) is 11.6. The Balaban J connectivity index is 1.94. The second-order valence-corrected chi connectivity index (χ2v) is 4.60. The Hall–Kier alpha value is -2.56. The fourth-order valence-electron chi connectivity index (χ4n) is 2.21. The smallest absolute Gasteiger partial charge is 0.212 e. The molecule has 0 saturated heterocycles. The monoisotopic (exact) mass is 267 g/mol. The third-order valence-corrected chi connectivity index (χ3v) is 3.16. The largest absolute Gasteiger partial charge is 0.322 e. The topological polar surface area (TPSA) is 47.7 Å². The van der Waals surface area contributed by atoms with E-state index in [9.17, 15) is 0 Å². The first-order chi connectivity index (χ1) is 9.78. The average Bonchev–Trinajstić information content (AvgIpc) is 3.07. The van der Waals surface area contributed by atoms with Gasteiger partial charge in [-0.05, 0) is 18.6 Å². The van der Waals surface area contributed by atoms with Crippen molar-refractivity contribution in [2.45, 2.75) is 13.3 Å². The molecule has 5 nitrogen and oxygen atoms in total. The molecule has 0 fully saturated rings. The van der Waals surface area contributed by atoms with Gasteiger partial charge in [-0.1, -0.05) is 25.1 Å². The summed E-state index contributed by atoms with van der Waals surface area (Å²) in [6.45, 7) is 2.09. The van der Waals surface area contributed by atoms with Gasteiger partial charge in [-0.15, -0.1) is 0 Å². The van der Waals surface area contributed by atoms with Crippen molar-refractivity contribution in [3.8, 4) is 5.69 Å². The molecule has 0 aliphatic heterocycles. The van der Waals surface area contributed by atoms with Crippen LogP contribution in [0.1, 0.15) is 12.6 Å². The average molecular weight is 267 g/mol. The molecule has 0 amide bonds. The lowest BCUT2D eigenvalue weighted by Crippen LogP contribution is -2.01. The Bertz CT molecular complexity index is 696. The molecule has 102 valence electrons. The number of benzene rings is 1. The molecular formula is C15H17N5. The maximum Gasteiger partial charge on any atom is 0.212 e. The first kappa shape index (κ1) is 12.5. The summed E-state index contributed by atoms with van der Waals surface area (Å²) in [7, 11) is 1.92. The molecular weight excluding hydrogens is 250 g/mol. The first-order valence-corrected chi connectivity index (χ1v) is 6.66. The third kappa shape index (κ3) is 2.30. The van der Waals surface area contributed by atoms with Crippen LogP contribution in [-0.2, 0) is 13.5 Å². The number of anilines is 2. The molecule has 0 bridgehead atoms. The van der Waals surface area contributed by atoms with Crippen molar-refractivity contribution in [1.82, 2.24) is 19.3 Å². The molecule has 2 heterocycles. The van der Waals surface area contributed by atoms with Crippen LogP contribution in [0.15, 0.2) is 48.9 Å². The van der Waals surface area contributed by atoms with Crippen LogP contribution in [0.5, 0.6) is 0 Å². The van der Waals surface area contributed by atoms with Gasteiger partial charge < -0.3 is 5.32 Å². The molecule has 0 radical (unpaired) electrons. The molecule has 0 unspecified atom stereocenters. The Labute approximate surface area is 117 Å². The number of rotatable bonds is 4. The van der Waals surface area contributed by atoms with Crippen LogP contribution in [0, 0.1) is 0 Å². The normalized spacial score (nSPS) is 10.7. The molecule has 1 aromatic carbocycles. The SMILES string of the molecule is CCc1nn(C)cc1Nc1nccn1-c1ccccc1. The number of aryl methyl sites for hydroxylation is 2. The summed E-state index contributed by atoms with van der Waals surface area (Å²) in [5, 5.41) is 7.79. The molecule has 1 N–H and O–H groups in total. The lowest BCUT2D eigenvalue weighted by Gasteiger charge is -2.09. The van der Waals surface area contributed by atoms with Crippen LogP contribution >= 0.6 is 0 Å². The fourth-order valence-corrected chi connectivity index (χ4v) is 2.21. The van der Waals surface area contributed by atoms with Crippen LogP contribution < -0.4 is 5.32 Å². The maximum atomic E-state index is 4.43. The fraction of sp³-hybridized carbons (Fsp3) is 0.200. The van der Waals surface area contributed by atoms with Crippen LogP contribution in [0.2, 0.25) is 0 Å². The summed E-state index contributed by atoms with van der Waals surface area (Å²) in [5.41, 5.74) is 3.11. The van der Waals surface area contributed by atoms with Gasteiger partial charge in [0, 0.05) is 31.3 Å². The Morgan fingerprint density at radius 2 is 2.00 bits per heavy atom. The Morgan fingerprint density at radius 1 is 1.20 bits per heavy atom. The van der Waals surface area contributed by atoms with Crippen molar-refractivity contribution >= 4 is 11.6 Å². The standard InChI is InChI=1S/C15H17N5/c1-3-13-14(11-19(2)18-13)17-15-16-9-10-20(15)12-7-5-4-6-8-12/h4-11H,3H2,1-2H3,(H,16,17). The predicted octanol–water partition coefficient (Wildman–Crippen LogP) is 2.91. The Morgan fingerprint density at radius 3 is 2.75 bits per heavy atom. The summed E-state index contributed by atoms with van der Waals surface area (Å²) >= 11 is 0. The van der Waals surface area contributed by atoms with Crippen LogP contribution in [-0.4, -0.2) is 19.3 Å². The highest BCUT2D eigenvalue weighted by molar-refractivity contribution is 5.57. The number of imidazole rings is 1. The molecule has 0 aliphatic rings. The van der Waals surface area contributed by atoms with Gasteiger partial charge in [-0.25, -0.2) is 4.98 Å². The summed E-state index contributed by atoms with van der Waals surface area (Å²) < 4.78 is 3.84. The highest BCUT2D eigenvalue weighted by Crippen LogP contribution is 2.21. The zero-order valence-corrected chi connectivity index (χ0v) is 11.6. The lowest BCUT2D eigenvalue weighted by atomic mass is 10.3. The highest BCUT2D eigenvalue weighted by atomic mass is 15.3. The van der Waals surface area contributed by atoms with Gasteiger partial charge in [-0.3, -0.25) is 9.25 Å². The minimum atomic E-state index is 0.791. The molecule has 2 aromatic heterocycles. The highest BCUT2D eigenvalue weighted by Gasteiger charge is 2.10. The van der Waals surface area contributed by atoms with Gasteiger partial charge in [0.05, 0.1) is 11.4 Å². The van der Waals surface area contributed by atoms with E-state index in [2.05, 4.69) is 34.5 Å². The van der Waals surface area contributed by atoms with E-state index in [1.807, 2.05) is 46.9 Å². The van der Waals surface area contributed by atoms with Crippen molar-refractivity contribution in [3.05, 3.63) is 54.6 Å². The van der Waals surface area contributed by atoms with Crippen molar-refractivity contribution in [3.63, 3.8) is 0 Å². The van der Waals surface area contributed by atoms with Crippen LogP contribution in [0.4, 0.5) is 11.6 Å². The number of hydrogen-bond donors (Lipinski definition) is 1. The molecule has 0 atom stereocenters. The zero-order chi connectivity index (χ0) is 13.9. The van der Waals surface area contributed by atoms with Gasteiger partial charge in [0.25, 0.3) is 0 Å². The molecule has 0 saturated carbocycles. The summed E-state index contributed by atoms with van der Waals surface area (Å²) in [5.74, 6) is 0.791. The maximum absolute atomic E-state index is 4.43. The number of para-hydroxylation sites is 1. The second kappa shape index (κ2) is 5.21. The number of aromatic nitrogens is 4. The van der Waals surface area contributed by atoms with Crippen LogP contribution in [0.25, 0.3) is 5.69 Å². The summed E-state index contributed by atoms with van der Waals surface area (Å²) in [6.07, 6.45) is 6.59. The Kier molecular flexibility index (Phi) is 3.25. The summed E-state index contributed by atoms with van der Waals surface area (Å²) in [4.78, 5) is 4.39. The number of hydrogen-bond acceptors (Lipinski definition) is 3. The van der Waals surface area contributed by atoms with Gasteiger partial charge in [0.1, 0.15) is 0 Å². The first-order valence-electron chi connectivity index (χ1n) is 6.66. The van der Waals surface area contributed by atoms with E-state index in [4.69, 9.17) is 0 Å². The third-order valence-electron chi connectivity index (χ3n) is 3.16. The van der Waals surface area contributed by atoms with E-state index in [0.717, 1.165) is 29.4 Å². The van der Waals surface area contributed by atoms with E-state index < -0.39 is 0 Å². The molecule has 0 spiro atoms. The van der Waals surface area contributed by atoms with Crippen molar-refractivity contribution in [2.75, 3.05) is 5.32 Å². The van der Waals surface area contributed by atoms with Gasteiger partial charge in [0.2, 0.25) is 5.95 Å². The predicted molar refractivity (Wildman–Crippen MR) is 79.4 cm³/mol. The minimum Gasteiger partial charge on any atom is -0.322 e. The van der Waals surface area contributed by atoms with Gasteiger partial charge >= 0.3 is 0 Å². The minimum absolute atomic E-state index is 0.791. The van der Waals surface area contributed by atoms with Crippen molar-refractivity contribution in [2.24, 2.45) is 7.05 Å². The summed E-state index contributed by atoms with van der Waals surface area (Å²) in [6, 6.07) is 10.1. The molecule has 0 aliphatic carbocycles. The van der Waals surface area contributed by atoms with E-state index in [0.29, 0.717) is 0 Å². The van der Waals surface area contributed by atoms with Crippen LogP contribution in [0.3, 0.4) is 0 Å². The molecule has 5 heteroatoms. The van der Waals surface area contributed by atoms with E-state index in [-0.39, 0.29) is 0 Å². The number of nitrogens with one attached hydrogen (secondary N) is 1. The van der Waals surface area contributed by atoms with E-state index >= 15 is 0 Å². The van der Waals surface area contributed by atoms with E-state index in [1.54, 1.807) is 6.20 Å². The van der Waals surface area contributed by atoms with Gasteiger partial charge in [0.15, 0.2) is 0 Å². The molecule has 3 aromatic rings. The van der Waals surface area contributed by atoms with Gasteiger partial charge in [-0.2, -0.15) is 5.10 Å². The molecule has 20 heavy (non-hydrogen) atoms. The van der Waals surface area contributed by atoms with E-state index in [1.165, 1.54) is 0 Å². The number of nitrogens with zero attached hydrogens (tertiary/aromatic N) is 4. The lowest BCUT2D eigenvalue weighted by molar-refractivity contribution is 0.746. The van der Waals surface area contributed by atoms with Crippen molar-refractivity contribution < 1.29 is 0 Å². The second-order valence-electron chi connectivity index (χ2n) is 4.60. The quantitative estimate of drug-likeness (QED) is 0.790. The van der Waals surface area contributed by atoms with Crippen molar-refractivity contribution in [1.29, 1.82) is 0 Å². The molecule has 3 rings (SSSR count).